The van der Waals surface area contributed by atoms with Gasteiger partial charge in [0.15, 0.2) is 0 Å². The SMILES string of the molecule is O=C(O)c1cc(NC(=O)C(CNC(=O)c2cccc3cc(CC45CC6CC(CC(C6)C4)C5)n([O-])c23)c2ccccc2)cc(C(=O)O)c1. The number of nitrogens with one attached hydrogen (secondary N) is 2. The fraction of sp³-hybridized carbons (Fsp3) is 0.351. The Labute approximate surface area is 271 Å². The number of para-hydroxylation sites is 1. The number of hydrogen-bond acceptors (Lipinski definition) is 5. The van der Waals surface area contributed by atoms with E-state index in [0.29, 0.717) is 22.2 Å². The van der Waals surface area contributed by atoms with E-state index in [9.17, 15) is 34.6 Å². The lowest BCUT2D eigenvalue weighted by Gasteiger charge is -2.57. The quantitative estimate of drug-likeness (QED) is 0.159. The average Bonchev–Trinajstić information content (AvgIpc) is 3.34. The van der Waals surface area contributed by atoms with Gasteiger partial charge in [0.2, 0.25) is 5.91 Å². The molecular weight excluding hydrogens is 598 g/mol. The van der Waals surface area contributed by atoms with Gasteiger partial charge in [-0.25, -0.2) is 9.59 Å². The molecule has 10 heteroatoms. The molecule has 47 heavy (non-hydrogen) atoms. The van der Waals surface area contributed by atoms with Crippen molar-refractivity contribution in [1.82, 2.24) is 10.0 Å². The first-order valence-corrected chi connectivity index (χ1v) is 16.1. The zero-order chi connectivity index (χ0) is 32.9. The number of aromatic carboxylic acids is 2. The van der Waals surface area contributed by atoms with Crippen LogP contribution in [0.3, 0.4) is 0 Å². The summed E-state index contributed by atoms with van der Waals surface area (Å²) in [4.78, 5) is 50.4. The predicted molar refractivity (Wildman–Crippen MR) is 176 cm³/mol. The maximum atomic E-state index is 13.8. The highest BCUT2D eigenvalue weighted by molar-refractivity contribution is 6.07. The summed E-state index contributed by atoms with van der Waals surface area (Å²) in [6.07, 6.45) is 8.22. The van der Waals surface area contributed by atoms with Gasteiger partial charge in [0.25, 0.3) is 5.91 Å². The molecule has 242 valence electrons. The second kappa shape index (κ2) is 11.9. The van der Waals surface area contributed by atoms with Crippen molar-refractivity contribution in [2.24, 2.45) is 23.2 Å². The molecular formula is C37H36N3O7-. The first-order valence-electron chi connectivity index (χ1n) is 16.1. The lowest BCUT2D eigenvalue weighted by Crippen LogP contribution is -2.47. The van der Waals surface area contributed by atoms with E-state index >= 15 is 0 Å². The Morgan fingerprint density at radius 1 is 0.830 bits per heavy atom. The molecule has 4 N–H and O–H groups in total. The summed E-state index contributed by atoms with van der Waals surface area (Å²) in [5.41, 5.74) is 1.41. The molecule has 1 heterocycles. The van der Waals surface area contributed by atoms with Crippen molar-refractivity contribution in [1.29, 1.82) is 0 Å². The number of amides is 2. The number of aromatic nitrogens is 1. The number of fused-ring (bicyclic) bond motifs is 1. The van der Waals surface area contributed by atoms with Gasteiger partial charge in [0.1, 0.15) is 0 Å². The van der Waals surface area contributed by atoms with Gasteiger partial charge < -0.3 is 30.8 Å². The lowest BCUT2D eigenvalue weighted by molar-refractivity contribution is -0.117. The van der Waals surface area contributed by atoms with E-state index in [1.54, 1.807) is 42.5 Å². The van der Waals surface area contributed by atoms with E-state index in [1.807, 2.05) is 12.1 Å². The lowest BCUT2D eigenvalue weighted by atomic mass is 9.48. The molecule has 4 aromatic rings. The molecule has 0 aliphatic heterocycles. The van der Waals surface area contributed by atoms with Gasteiger partial charge in [0, 0.05) is 23.3 Å². The highest BCUT2D eigenvalue weighted by atomic mass is 16.5. The molecule has 0 spiro atoms. The molecule has 1 unspecified atom stereocenters. The van der Waals surface area contributed by atoms with Crippen LogP contribution in [0.15, 0.2) is 72.8 Å². The predicted octanol–water partition coefficient (Wildman–Crippen LogP) is 6.29. The van der Waals surface area contributed by atoms with Crippen molar-refractivity contribution in [3.8, 4) is 0 Å². The van der Waals surface area contributed by atoms with Gasteiger partial charge in [-0.1, -0.05) is 42.5 Å². The smallest absolute Gasteiger partial charge is 0.335 e. The van der Waals surface area contributed by atoms with Crippen LogP contribution in [0.5, 0.6) is 0 Å². The molecule has 0 saturated heterocycles. The van der Waals surface area contributed by atoms with Crippen molar-refractivity contribution in [3.05, 3.63) is 106 Å². The number of hydrogen-bond donors (Lipinski definition) is 4. The molecule has 4 aliphatic carbocycles. The van der Waals surface area contributed by atoms with Gasteiger partial charge in [-0.3, -0.25) is 9.59 Å². The number of carboxylic acid groups (broad SMARTS) is 2. The molecule has 10 nitrogen and oxygen atoms in total. The summed E-state index contributed by atoms with van der Waals surface area (Å²) in [5, 5.41) is 38.8. The maximum absolute atomic E-state index is 13.8. The number of rotatable bonds is 10. The van der Waals surface area contributed by atoms with Gasteiger partial charge in [-0.05, 0) is 104 Å². The highest BCUT2D eigenvalue weighted by Gasteiger charge is 2.50. The van der Waals surface area contributed by atoms with Crippen LogP contribution < -0.4 is 10.6 Å². The first kappa shape index (κ1) is 30.5. The van der Waals surface area contributed by atoms with Crippen LogP contribution in [0.1, 0.15) is 86.8 Å². The maximum Gasteiger partial charge on any atom is 0.335 e. The molecule has 2 amide bonds. The van der Waals surface area contributed by atoms with Crippen LogP contribution in [-0.2, 0) is 11.2 Å². The molecule has 0 radical (unpaired) electrons. The number of anilines is 1. The molecule has 4 fully saturated rings. The minimum atomic E-state index is -1.34. The summed E-state index contributed by atoms with van der Waals surface area (Å²) in [6, 6.07) is 19.3. The van der Waals surface area contributed by atoms with Crippen LogP contribution in [0.2, 0.25) is 0 Å². The Morgan fingerprint density at radius 2 is 1.45 bits per heavy atom. The number of nitrogens with zero attached hydrogens (tertiary/aromatic N) is 1. The van der Waals surface area contributed by atoms with E-state index in [0.717, 1.165) is 35.0 Å². The minimum absolute atomic E-state index is 0.0000557. The van der Waals surface area contributed by atoms with Crippen LogP contribution in [-0.4, -0.2) is 45.2 Å². The van der Waals surface area contributed by atoms with E-state index in [-0.39, 0.29) is 34.3 Å². The molecule has 4 saturated carbocycles. The third kappa shape index (κ3) is 5.95. The second-order valence-corrected chi connectivity index (χ2v) is 13.8. The Hall–Kier alpha value is -5.12. The third-order valence-electron chi connectivity index (χ3n) is 10.5. The topological polar surface area (TPSA) is 161 Å². The normalized spacial score (nSPS) is 23.4. The number of benzene rings is 3. The van der Waals surface area contributed by atoms with E-state index in [2.05, 4.69) is 10.6 Å². The van der Waals surface area contributed by atoms with Gasteiger partial charge >= 0.3 is 11.9 Å². The van der Waals surface area contributed by atoms with Crippen molar-refractivity contribution < 1.29 is 29.4 Å². The van der Waals surface area contributed by atoms with Gasteiger partial charge in [-0.2, -0.15) is 0 Å². The van der Waals surface area contributed by atoms with E-state index < -0.39 is 29.7 Å². The molecule has 1 aromatic heterocycles. The highest BCUT2D eigenvalue weighted by Crippen LogP contribution is 2.61. The van der Waals surface area contributed by atoms with Gasteiger partial charge in [-0.15, -0.1) is 0 Å². The van der Waals surface area contributed by atoms with E-state index in [1.165, 1.54) is 50.7 Å². The molecule has 4 aliphatic rings. The van der Waals surface area contributed by atoms with Crippen molar-refractivity contribution >= 4 is 40.3 Å². The minimum Gasteiger partial charge on any atom is -0.805 e. The molecule has 3 aromatic carbocycles. The Kier molecular flexibility index (Phi) is 7.74. The average molecular weight is 635 g/mol. The van der Waals surface area contributed by atoms with Crippen LogP contribution in [0.4, 0.5) is 5.69 Å². The Bertz CT molecular complexity index is 1830. The fourth-order valence-corrected chi connectivity index (χ4v) is 9.00. The summed E-state index contributed by atoms with van der Waals surface area (Å²) < 4.78 is 0.930. The summed E-state index contributed by atoms with van der Waals surface area (Å²) in [6.45, 7) is -0.130. The van der Waals surface area contributed by atoms with Gasteiger partial charge in [0.05, 0.1) is 28.1 Å². The zero-order valence-electron chi connectivity index (χ0n) is 25.8. The number of carbonyl (C=O) groups excluding carboxylic acids is 2. The summed E-state index contributed by atoms with van der Waals surface area (Å²) >= 11 is 0. The number of carbonyl (C=O) groups is 4. The van der Waals surface area contributed by atoms with Crippen molar-refractivity contribution in [2.75, 3.05) is 11.9 Å². The third-order valence-corrected chi connectivity index (χ3v) is 10.5. The first-order chi connectivity index (χ1) is 22.6. The Morgan fingerprint density at radius 3 is 2.04 bits per heavy atom. The zero-order valence-corrected chi connectivity index (χ0v) is 25.8. The molecule has 1 atom stereocenters. The molecule has 4 bridgehead atoms. The molecule has 8 rings (SSSR count). The Balaban J connectivity index is 1.12. The number of carboxylic acids is 2. The summed E-state index contributed by atoms with van der Waals surface area (Å²) in [7, 11) is 0. The van der Waals surface area contributed by atoms with Crippen LogP contribution in [0, 0.1) is 28.4 Å². The fourth-order valence-electron chi connectivity index (χ4n) is 9.00. The summed E-state index contributed by atoms with van der Waals surface area (Å²) in [5.74, 6) is -2.36. The van der Waals surface area contributed by atoms with Crippen LogP contribution >= 0.6 is 0 Å². The standard InChI is InChI=1S/C37H36N3O7/c41-33(30-8-4-7-25-15-29(40(47)32(25)30)19-37-16-21-9-22(17-37)11-23(10-21)18-37)38-20-31(24-5-2-1-3-6-24)34(42)39-28-13-26(35(43)44)12-27(14-28)36(45)46/h1-8,12-15,21-23,31H,9-11,16-20H2,(H,38,41)(H,39,42)(H,43,44)(H,45,46)/q-1. The van der Waals surface area contributed by atoms with Crippen molar-refractivity contribution in [3.63, 3.8) is 0 Å². The van der Waals surface area contributed by atoms with Crippen molar-refractivity contribution in [2.45, 2.75) is 50.9 Å². The van der Waals surface area contributed by atoms with E-state index in [4.69, 9.17) is 0 Å². The largest absolute Gasteiger partial charge is 0.805 e. The van der Waals surface area contributed by atoms with Crippen LogP contribution in [0.25, 0.3) is 10.9 Å². The second-order valence-electron chi connectivity index (χ2n) is 13.8. The monoisotopic (exact) mass is 634 g/mol.